The average Bonchev–Trinajstić information content (AvgIpc) is 1.91. The van der Waals surface area contributed by atoms with Crippen molar-refractivity contribution in [1.29, 1.82) is 0 Å². The van der Waals surface area contributed by atoms with E-state index in [1.165, 1.54) is 0 Å². The molecular formula is C8H6Cl4. The van der Waals surface area contributed by atoms with Crippen molar-refractivity contribution < 1.29 is 0 Å². The summed E-state index contributed by atoms with van der Waals surface area (Å²) in [5, 5.41) is 0.683. The summed E-state index contributed by atoms with van der Waals surface area (Å²) in [6, 6.07) is 7.22. The summed E-state index contributed by atoms with van der Waals surface area (Å²) in [6.45, 7) is 0. The summed E-state index contributed by atoms with van der Waals surface area (Å²) in [5.41, 5.74) is 0.958. The predicted molar refractivity (Wildman–Crippen MR) is 55.4 cm³/mol. The fraction of sp³-hybridized carbons (Fsp3) is 0.250. The van der Waals surface area contributed by atoms with Crippen molar-refractivity contribution in [2.75, 3.05) is 0 Å². The largest absolute Gasteiger partial charge is 0.194 e. The van der Waals surface area contributed by atoms with E-state index in [2.05, 4.69) is 0 Å². The second kappa shape index (κ2) is 4.06. The van der Waals surface area contributed by atoms with Crippen LogP contribution in [0.3, 0.4) is 0 Å². The third kappa shape index (κ3) is 3.86. The zero-order valence-electron chi connectivity index (χ0n) is 6.03. The minimum absolute atomic E-state index is 0.398. The summed E-state index contributed by atoms with van der Waals surface area (Å²) in [5.74, 6) is 0. The van der Waals surface area contributed by atoms with Crippen LogP contribution in [0.5, 0.6) is 0 Å². The number of hydrogen-bond acceptors (Lipinski definition) is 0. The van der Waals surface area contributed by atoms with Crippen LogP contribution >= 0.6 is 46.4 Å². The van der Waals surface area contributed by atoms with E-state index in [1.807, 2.05) is 12.1 Å². The molecule has 0 saturated carbocycles. The highest BCUT2D eigenvalue weighted by Gasteiger charge is 2.19. The predicted octanol–water partition coefficient (Wildman–Crippen LogP) is 4.25. The van der Waals surface area contributed by atoms with E-state index in [1.54, 1.807) is 12.1 Å². The molecule has 0 amide bonds. The van der Waals surface area contributed by atoms with Crippen LogP contribution in [0.15, 0.2) is 24.3 Å². The van der Waals surface area contributed by atoms with Gasteiger partial charge in [-0.15, -0.1) is 0 Å². The lowest BCUT2D eigenvalue weighted by Gasteiger charge is -2.09. The zero-order valence-corrected chi connectivity index (χ0v) is 9.05. The maximum absolute atomic E-state index is 5.68. The van der Waals surface area contributed by atoms with Gasteiger partial charge in [0.05, 0.1) is 0 Å². The van der Waals surface area contributed by atoms with Gasteiger partial charge in [0.2, 0.25) is 0 Å². The molecule has 1 aromatic carbocycles. The molecule has 0 atom stereocenters. The minimum atomic E-state index is -1.23. The molecule has 0 saturated heterocycles. The number of alkyl halides is 3. The van der Waals surface area contributed by atoms with Gasteiger partial charge in [-0.1, -0.05) is 58.5 Å². The molecule has 66 valence electrons. The van der Waals surface area contributed by atoms with E-state index in [0.29, 0.717) is 11.4 Å². The van der Waals surface area contributed by atoms with Crippen molar-refractivity contribution in [3.8, 4) is 0 Å². The quantitative estimate of drug-likeness (QED) is 0.647. The summed E-state index contributed by atoms with van der Waals surface area (Å²) in [6.07, 6.45) is 0.398. The Morgan fingerprint density at radius 2 is 1.50 bits per heavy atom. The Balaban J connectivity index is 2.71. The summed E-state index contributed by atoms with van der Waals surface area (Å²) < 4.78 is -1.23. The van der Waals surface area contributed by atoms with Gasteiger partial charge in [-0.3, -0.25) is 0 Å². The summed E-state index contributed by atoms with van der Waals surface area (Å²) in [4.78, 5) is 0. The topological polar surface area (TPSA) is 0 Å². The molecule has 0 aliphatic heterocycles. The first-order valence-electron chi connectivity index (χ1n) is 3.28. The standard InChI is InChI=1S/C8H6Cl4/c9-7-3-1-6(2-4-7)5-8(10,11)12/h1-4H,5H2. The smallest absolute Gasteiger partial charge is 0.0843 e. The van der Waals surface area contributed by atoms with Crippen LogP contribution in [0.1, 0.15) is 5.56 Å². The van der Waals surface area contributed by atoms with Crippen molar-refractivity contribution in [3.63, 3.8) is 0 Å². The first kappa shape index (κ1) is 10.5. The van der Waals surface area contributed by atoms with Gasteiger partial charge in [-0.05, 0) is 17.7 Å². The Labute approximate surface area is 91.4 Å². The maximum Gasteiger partial charge on any atom is 0.194 e. The van der Waals surface area contributed by atoms with Crippen LogP contribution in [0.25, 0.3) is 0 Å². The first-order chi connectivity index (χ1) is 5.47. The summed E-state index contributed by atoms with van der Waals surface area (Å²) >= 11 is 22.5. The number of benzene rings is 1. The van der Waals surface area contributed by atoms with E-state index in [-0.39, 0.29) is 0 Å². The van der Waals surface area contributed by atoms with Crippen molar-refractivity contribution >= 4 is 46.4 Å². The zero-order chi connectivity index (χ0) is 9.19. The molecule has 12 heavy (non-hydrogen) atoms. The van der Waals surface area contributed by atoms with Crippen molar-refractivity contribution in [3.05, 3.63) is 34.9 Å². The van der Waals surface area contributed by atoms with Gasteiger partial charge in [0, 0.05) is 11.4 Å². The molecule has 0 spiro atoms. The van der Waals surface area contributed by atoms with E-state index in [0.717, 1.165) is 5.56 Å². The van der Waals surface area contributed by atoms with Gasteiger partial charge in [0.15, 0.2) is 3.79 Å². The maximum atomic E-state index is 5.68. The SMILES string of the molecule is Clc1ccc(CC(Cl)(Cl)Cl)cc1. The lowest BCUT2D eigenvalue weighted by molar-refractivity contribution is 1.02. The lowest BCUT2D eigenvalue weighted by Crippen LogP contribution is -2.06. The Morgan fingerprint density at radius 1 is 1.00 bits per heavy atom. The van der Waals surface area contributed by atoms with Crippen LogP contribution in [-0.2, 0) is 6.42 Å². The molecule has 0 N–H and O–H groups in total. The molecule has 0 unspecified atom stereocenters. The second-order valence-corrected chi connectivity index (χ2v) is 5.37. The average molecular weight is 244 g/mol. The fourth-order valence-corrected chi connectivity index (χ4v) is 1.42. The summed E-state index contributed by atoms with van der Waals surface area (Å²) in [7, 11) is 0. The molecule has 1 rings (SSSR count). The first-order valence-corrected chi connectivity index (χ1v) is 4.80. The van der Waals surface area contributed by atoms with Crippen molar-refractivity contribution in [1.82, 2.24) is 0 Å². The molecule has 0 nitrogen and oxygen atoms in total. The van der Waals surface area contributed by atoms with E-state index >= 15 is 0 Å². The molecule has 1 aromatic rings. The highest BCUT2D eigenvalue weighted by atomic mass is 35.6. The highest BCUT2D eigenvalue weighted by Crippen LogP contribution is 2.30. The van der Waals surface area contributed by atoms with E-state index in [4.69, 9.17) is 46.4 Å². The van der Waals surface area contributed by atoms with E-state index in [9.17, 15) is 0 Å². The van der Waals surface area contributed by atoms with Crippen LogP contribution in [-0.4, -0.2) is 3.79 Å². The van der Waals surface area contributed by atoms with Gasteiger partial charge < -0.3 is 0 Å². The molecule has 0 bridgehead atoms. The number of hydrogen-bond donors (Lipinski definition) is 0. The Hall–Kier alpha value is 0.380. The van der Waals surface area contributed by atoms with Gasteiger partial charge >= 0.3 is 0 Å². The van der Waals surface area contributed by atoms with Gasteiger partial charge in [0.25, 0.3) is 0 Å². The molecule has 0 aliphatic rings. The lowest BCUT2D eigenvalue weighted by atomic mass is 10.2. The van der Waals surface area contributed by atoms with Crippen LogP contribution in [0, 0.1) is 0 Å². The monoisotopic (exact) mass is 242 g/mol. The molecular weight excluding hydrogens is 238 g/mol. The molecule has 0 aliphatic carbocycles. The van der Waals surface area contributed by atoms with Gasteiger partial charge in [-0.2, -0.15) is 0 Å². The molecule has 0 fully saturated rings. The molecule has 0 heterocycles. The number of halogens is 4. The molecule has 0 aromatic heterocycles. The molecule has 4 heteroatoms. The Kier molecular flexibility index (Phi) is 3.54. The van der Waals surface area contributed by atoms with Gasteiger partial charge in [0.1, 0.15) is 0 Å². The van der Waals surface area contributed by atoms with E-state index < -0.39 is 3.79 Å². The number of rotatable bonds is 1. The Morgan fingerprint density at radius 3 is 1.92 bits per heavy atom. The van der Waals surface area contributed by atoms with Crippen LogP contribution in [0.2, 0.25) is 5.02 Å². The van der Waals surface area contributed by atoms with Crippen molar-refractivity contribution in [2.45, 2.75) is 10.2 Å². The molecule has 0 radical (unpaired) electrons. The fourth-order valence-electron chi connectivity index (χ4n) is 0.834. The third-order valence-corrected chi connectivity index (χ3v) is 1.97. The second-order valence-electron chi connectivity index (χ2n) is 2.42. The minimum Gasteiger partial charge on any atom is -0.0843 e. The van der Waals surface area contributed by atoms with Crippen LogP contribution < -0.4 is 0 Å². The van der Waals surface area contributed by atoms with Crippen LogP contribution in [0.4, 0.5) is 0 Å². The normalized spacial score (nSPS) is 11.7. The van der Waals surface area contributed by atoms with Crippen molar-refractivity contribution in [2.24, 2.45) is 0 Å². The third-order valence-electron chi connectivity index (χ3n) is 1.32. The Bertz CT molecular complexity index is 247. The van der Waals surface area contributed by atoms with Gasteiger partial charge in [-0.25, -0.2) is 0 Å². The highest BCUT2D eigenvalue weighted by molar-refractivity contribution is 6.67.